The van der Waals surface area contributed by atoms with Crippen molar-refractivity contribution in [2.24, 2.45) is 0 Å². The van der Waals surface area contributed by atoms with Gasteiger partial charge in [-0.1, -0.05) is 18.2 Å². The molecule has 1 heterocycles. The van der Waals surface area contributed by atoms with E-state index in [1.807, 2.05) is 6.07 Å². The SMILES string of the molecule is OC[C@@H]1C[C@H](O)[C@@H](O)[C@H](Oc2ccccc2)O1. The molecule has 0 spiro atoms. The van der Waals surface area contributed by atoms with Crippen LogP contribution in [0.4, 0.5) is 0 Å². The van der Waals surface area contributed by atoms with Crippen LogP contribution >= 0.6 is 0 Å². The second kappa shape index (κ2) is 5.46. The molecular weight excluding hydrogens is 224 g/mol. The van der Waals surface area contributed by atoms with Crippen molar-refractivity contribution in [3.8, 4) is 5.75 Å². The Morgan fingerprint density at radius 1 is 1.24 bits per heavy atom. The maximum Gasteiger partial charge on any atom is 0.229 e. The Balaban J connectivity index is 2.03. The molecule has 1 fully saturated rings. The van der Waals surface area contributed by atoms with E-state index in [0.717, 1.165) is 0 Å². The van der Waals surface area contributed by atoms with E-state index in [2.05, 4.69) is 0 Å². The molecule has 0 aliphatic carbocycles. The van der Waals surface area contributed by atoms with Gasteiger partial charge in [-0.3, -0.25) is 0 Å². The summed E-state index contributed by atoms with van der Waals surface area (Å²) in [6, 6.07) is 8.89. The van der Waals surface area contributed by atoms with Crippen LogP contribution in [0.3, 0.4) is 0 Å². The fourth-order valence-corrected chi connectivity index (χ4v) is 1.76. The van der Waals surface area contributed by atoms with E-state index in [0.29, 0.717) is 5.75 Å². The lowest BCUT2D eigenvalue weighted by Gasteiger charge is -2.36. The van der Waals surface area contributed by atoms with Crippen LogP contribution in [0.1, 0.15) is 6.42 Å². The van der Waals surface area contributed by atoms with Gasteiger partial charge < -0.3 is 24.8 Å². The molecule has 5 heteroatoms. The van der Waals surface area contributed by atoms with Gasteiger partial charge in [-0.05, 0) is 12.1 Å². The van der Waals surface area contributed by atoms with Crippen LogP contribution in [-0.2, 0) is 4.74 Å². The summed E-state index contributed by atoms with van der Waals surface area (Å²) < 4.78 is 10.8. The first-order chi connectivity index (χ1) is 8.20. The van der Waals surface area contributed by atoms with Gasteiger partial charge in [0.2, 0.25) is 6.29 Å². The molecular formula is C12H16O5. The number of rotatable bonds is 3. The fraction of sp³-hybridized carbons (Fsp3) is 0.500. The van der Waals surface area contributed by atoms with Crippen LogP contribution in [0.5, 0.6) is 5.75 Å². The highest BCUT2D eigenvalue weighted by Gasteiger charge is 2.37. The summed E-state index contributed by atoms with van der Waals surface area (Å²) in [6.45, 7) is -0.210. The lowest BCUT2D eigenvalue weighted by molar-refractivity contribution is -0.240. The summed E-state index contributed by atoms with van der Waals surface area (Å²) >= 11 is 0. The lowest BCUT2D eigenvalue weighted by atomic mass is 10.0. The van der Waals surface area contributed by atoms with Crippen LogP contribution in [0, 0.1) is 0 Å². The fourth-order valence-electron chi connectivity index (χ4n) is 1.76. The average molecular weight is 240 g/mol. The molecule has 1 aromatic carbocycles. The highest BCUT2D eigenvalue weighted by Crippen LogP contribution is 2.23. The Kier molecular flexibility index (Phi) is 3.96. The van der Waals surface area contributed by atoms with Crippen LogP contribution in [-0.4, -0.2) is 46.5 Å². The minimum absolute atomic E-state index is 0.201. The normalized spacial score (nSPS) is 33.4. The monoisotopic (exact) mass is 240 g/mol. The second-order valence-corrected chi connectivity index (χ2v) is 4.03. The van der Waals surface area contributed by atoms with Crippen molar-refractivity contribution in [1.29, 1.82) is 0 Å². The first-order valence-corrected chi connectivity index (χ1v) is 5.55. The largest absolute Gasteiger partial charge is 0.462 e. The van der Waals surface area contributed by atoms with Crippen LogP contribution < -0.4 is 4.74 Å². The van der Waals surface area contributed by atoms with E-state index in [4.69, 9.17) is 14.6 Å². The van der Waals surface area contributed by atoms with Gasteiger partial charge in [0, 0.05) is 6.42 Å². The van der Waals surface area contributed by atoms with E-state index < -0.39 is 24.6 Å². The Labute approximate surface area is 99.2 Å². The quantitative estimate of drug-likeness (QED) is 0.687. The van der Waals surface area contributed by atoms with Crippen molar-refractivity contribution in [2.45, 2.75) is 31.0 Å². The van der Waals surface area contributed by atoms with Crippen LogP contribution in [0.15, 0.2) is 30.3 Å². The van der Waals surface area contributed by atoms with E-state index in [1.165, 1.54) is 0 Å². The maximum atomic E-state index is 9.73. The van der Waals surface area contributed by atoms with Gasteiger partial charge in [-0.15, -0.1) is 0 Å². The first kappa shape index (κ1) is 12.3. The Bertz CT molecular complexity index is 342. The molecule has 0 bridgehead atoms. The molecule has 5 nitrogen and oxygen atoms in total. The highest BCUT2D eigenvalue weighted by atomic mass is 16.7. The minimum Gasteiger partial charge on any atom is -0.462 e. The minimum atomic E-state index is -1.11. The zero-order valence-corrected chi connectivity index (χ0v) is 9.27. The maximum absolute atomic E-state index is 9.73. The van der Waals surface area contributed by atoms with Gasteiger partial charge in [0.05, 0.1) is 18.8 Å². The molecule has 1 aliphatic rings. The van der Waals surface area contributed by atoms with Crippen molar-refractivity contribution in [3.63, 3.8) is 0 Å². The first-order valence-electron chi connectivity index (χ1n) is 5.55. The van der Waals surface area contributed by atoms with Gasteiger partial charge in [-0.25, -0.2) is 0 Å². The van der Waals surface area contributed by atoms with E-state index in [-0.39, 0.29) is 13.0 Å². The topological polar surface area (TPSA) is 79.2 Å². The van der Waals surface area contributed by atoms with Gasteiger partial charge in [0.1, 0.15) is 11.9 Å². The number of hydrogen-bond acceptors (Lipinski definition) is 5. The number of aliphatic hydroxyl groups is 3. The molecule has 3 N–H and O–H groups in total. The molecule has 94 valence electrons. The third kappa shape index (κ3) is 2.95. The van der Waals surface area contributed by atoms with Crippen molar-refractivity contribution >= 4 is 0 Å². The van der Waals surface area contributed by atoms with Gasteiger partial charge in [0.25, 0.3) is 0 Å². The van der Waals surface area contributed by atoms with Crippen molar-refractivity contribution in [2.75, 3.05) is 6.61 Å². The standard InChI is InChI=1S/C12H16O5/c13-7-9-6-10(14)11(15)12(17-9)16-8-4-2-1-3-5-8/h1-5,9-15H,6-7H2/t9-,10-,11+,12+/m0/s1. The summed E-state index contributed by atoms with van der Waals surface area (Å²) in [6.07, 6.45) is -3.33. The number of para-hydroxylation sites is 1. The Morgan fingerprint density at radius 3 is 2.59 bits per heavy atom. The molecule has 0 aromatic heterocycles. The smallest absolute Gasteiger partial charge is 0.229 e. The second-order valence-electron chi connectivity index (χ2n) is 4.03. The van der Waals surface area contributed by atoms with Crippen molar-refractivity contribution < 1.29 is 24.8 Å². The molecule has 0 unspecified atom stereocenters. The van der Waals surface area contributed by atoms with Crippen molar-refractivity contribution in [3.05, 3.63) is 30.3 Å². The molecule has 17 heavy (non-hydrogen) atoms. The molecule has 4 atom stereocenters. The van der Waals surface area contributed by atoms with Gasteiger partial charge >= 0.3 is 0 Å². The number of ether oxygens (including phenoxy) is 2. The third-order valence-electron chi connectivity index (χ3n) is 2.70. The van der Waals surface area contributed by atoms with Gasteiger partial charge in [0.15, 0.2) is 0 Å². The van der Waals surface area contributed by atoms with E-state index in [1.54, 1.807) is 24.3 Å². The summed E-state index contributed by atoms with van der Waals surface area (Å²) in [5, 5.41) is 28.3. The average Bonchev–Trinajstić information content (AvgIpc) is 2.36. The molecule has 0 saturated carbocycles. The summed E-state index contributed by atoms with van der Waals surface area (Å²) in [7, 11) is 0. The van der Waals surface area contributed by atoms with Crippen molar-refractivity contribution in [1.82, 2.24) is 0 Å². The Hall–Kier alpha value is -1.14. The zero-order valence-electron chi connectivity index (χ0n) is 9.27. The van der Waals surface area contributed by atoms with E-state index in [9.17, 15) is 10.2 Å². The van der Waals surface area contributed by atoms with Gasteiger partial charge in [-0.2, -0.15) is 0 Å². The molecule has 1 aromatic rings. The lowest BCUT2D eigenvalue weighted by Crippen LogP contribution is -2.51. The summed E-state index contributed by atoms with van der Waals surface area (Å²) in [5.74, 6) is 0.544. The molecule has 2 rings (SSSR count). The molecule has 1 saturated heterocycles. The highest BCUT2D eigenvalue weighted by molar-refractivity contribution is 5.21. The number of hydrogen-bond donors (Lipinski definition) is 3. The van der Waals surface area contributed by atoms with Crippen LogP contribution in [0.25, 0.3) is 0 Å². The predicted molar refractivity (Wildman–Crippen MR) is 59.4 cm³/mol. The predicted octanol–water partition coefficient (Wildman–Crippen LogP) is -0.106. The molecule has 0 radical (unpaired) electrons. The summed E-state index contributed by atoms with van der Waals surface area (Å²) in [5.41, 5.74) is 0. The number of benzene rings is 1. The summed E-state index contributed by atoms with van der Waals surface area (Å²) in [4.78, 5) is 0. The molecule has 0 amide bonds. The Morgan fingerprint density at radius 2 is 1.94 bits per heavy atom. The van der Waals surface area contributed by atoms with Crippen LogP contribution in [0.2, 0.25) is 0 Å². The third-order valence-corrected chi connectivity index (χ3v) is 2.70. The zero-order chi connectivity index (χ0) is 12.3. The molecule has 1 aliphatic heterocycles. The number of aliphatic hydroxyl groups excluding tert-OH is 3. The van der Waals surface area contributed by atoms with E-state index >= 15 is 0 Å².